The average molecular weight is 253 g/mol. The Kier molecular flexibility index (Phi) is 3.51. The molecule has 2 aromatic carbocycles. The number of methoxy groups -OCH3 is 1. The predicted molar refractivity (Wildman–Crippen MR) is 79.5 cm³/mol. The molecule has 0 saturated carbocycles. The molecule has 0 heterocycles. The largest absolute Gasteiger partial charge is 0.497 e. The van der Waals surface area contributed by atoms with E-state index in [1.165, 1.54) is 16.3 Å². The van der Waals surface area contributed by atoms with Gasteiger partial charge in [-0.25, -0.2) is 0 Å². The van der Waals surface area contributed by atoms with Crippen molar-refractivity contribution in [2.75, 3.05) is 7.11 Å². The second-order valence-corrected chi connectivity index (χ2v) is 5.07. The van der Waals surface area contributed by atoms with E-state index >= 15 is 0 Å². The zero-order chi connectivity index (χ0) is 13.1. The van der Waals surface area contributed by atoms with Crippen molar-refractivity contribution in [3.05, 3.63) is 54.1 Å². The van der Waals surface area contributed by atoms with Crippen LogP contribution in [-0.4, -0.2) is 13.2 Å². The first kappa shape index (κ1) is 12.2. The minimum atomic E-state index is 0.617. The summed E-state index contributed by atoms with van der Waals surface area (Å²) < 4.78 is 5.25. The molecular formula is C17H19NO. The minimum Gasteiger partial charge on any atom is -0.497 e. The molecule has 3 rings (SSSR count). The maximum Gasteiger partial charge on any atom is 0.119 e. The van der Waals surface area contributed by atoms with E-state index in [4.69, 9.17) is 4.74 Å². The van der Waals surface area contributed by atoms with Crippen LogP contribution in [0.3, 0.4) is 0 Å². The minimum absolute atomic E-state index is 0.617. The van der Waals surface area contributed by atoms with Crippen molar-refractivity contribution in [3.8, 4) is 5.75 Å². The molecule has 1 aliphatic carbocycles. The van der Waals surface area contributed by atoms with Crippen LogP contribution in [0.15, 0.2) is 48.6 Å². The molecule has 1 aliphatic rings. The SMILES string of the molecule is COc1ccc2cc(CNC3CC=CC3)ccc2c1. The summed E-state index contributed by atoms with van der Waals surface area (Å²) >= 11 is 0. The lowest BCUT2D eigenvalue weighted by atomic mass is 10.1. The van der Waals surface area contributed by atoms with Gasteiger partial charge in [0.25, 0.3) is 0 Å². The van der Waals surface area contributed by atoms with Gasteiger partial charge in [-0.2, -0.15) is 0 Å². The van der Waals surface area contributed by atoms with Crippen molar-refractivity contribution in [1.82, 2.24) is 5.32 Å². The van der Waals surface area contributed by atoms with Crippen molar-refractivity contribution < 1.29 is 4.74 Å². The lowest BCUT2D eigenvalue weighted by Gasteiger charge is -2.12. The van der Waals surface area contributed by atoms with Crippen LogP contribution in [0.4, 0.5) is 0 Å². The smallest absolute Gasteiger partial charge is 0.119 e. The highest BCUT2D eigenvalue weighted by molar-refractivity contribution is 5.84. The third kappa shape index (κ3) is 2.79. The summed E-state index contributed by atoms with van der Waals surface area (Å²) in [5.41, 5.74) is 1.34. The maximum atomic E-state index is 5.25. The molecule has 1 N–H and O–H groups in total. The Balaban J connectivity index is 1.73. The number of ether oxygens (including phenoxy) is 1. The van der Waals surface area contributed by atoms with E-state index in [1.54, 1.807) is 7.11 Å². The number of nitrogens with one attached hydrogen (secondary N) is 1. The molecule has 0 unspecified atom stereocenters. The molecule has 2 aromatic rings. The average Bonchev–Trinajstić information content (AvgIpc) is 2.97. The number of fused-ring (bicyclic) bond motifs is 1. The van der Waals surface area contributed by atoms with Gasteiger partial charge < -0.3 is 10.1 Å². The summed E-state index contributed by atoms with van der Waals surface area (Å²) in [6.07, 6.45) is 6.82. The van der Waals surface area contributed by atoms with Gasteiger partial charge in [0, 0.05) is 12.6 Å². The van der Waals surface area contributed by atoms with Crippen LogP contribution >= 0.6 is 0 Å². The Morgan fingerprint density at radius 2 is 1.79 bits per heavy atom. The summed E-state index contributed by atoms with van der Waals surface area (Å²) in [5, 5.41) is 6.09. The summed E-state index contributed by atoms with van der Waals surface area (Å²) in [5.74, 6) is 0.912. The Bertz CT molecular complexity index is 595. The summed E-state index contributed by atoms with van der Waals surface area (Å²) in [6, 6.07) is 13.4. The fourth-order valence-corrected chi connectivity index (χ4v) is 2.56. The van der Waals surface area contributed by atoms with Gasteiger partial charge in [0.15, 0.2) is 0 Å². The van der Waals surface area contributed by atoms with Crippen molar-refractivity contribution in [2.45, 2.75) is 25.4 Å². The van der Waals surface area contributed by atoms with Gasteiger partial charge in [-0.1, -0.05) is 30.4 Å². The van der Waals surface area contributed by atoms with E-state index in [0.29, 0.717) is 6.04 Å². The molecular weight excluding hydrogens is 234 g/mol. The lowest BCUT2D eigenvalue weighted by Crippen LogP contribution is -2.25. The van der Waals surface area contributed by atoms with E-state index in [2.05, 4.69) is 47.8 Å². The normalized spacial score (nSPS) is 15.2. The summed E-state index contributed by atoms with van der Waals surface area (Å²) in [4.78, 5) is 0. The fraction of sp³-hybridized carbons (Fsp3) is 0.294. The van der Waals surface area contributed by atoms with Gasteiger partial charge >= 0.3 is 0 Å². The summed E-state index contributed by atoms with van der Waals surface area (Å²) in [6.45, 7) is 0.939. The first-order valence-electron chi connectivity index (χ1n) is 6.80. The van der Waals surface area contributed by atoms with Crippen LogP contribution in [0.5, 0.6) is 5.75 Å². The first-order valence-corrected chi connectivity index (χ1v) is 6.80. The molecule has 19 heavy (non-hydrogen) atoms. The van der Waals surface area contributed by atoms with Gasteiger partial charge in [-0.15, -0.1) is 0 Å². The second kappa shape index (κ2) is 5.45. The van der Waals surface area contributed by atoms with Crippen LogP contribution < -0.4 is 10.1 Å². The molecule has 0 saturated heterocycles. The monoisotopic (exact) mass is 253 g/mol. The van der Waals surface area contributed by atoms with Crippen molar-refractivity contribution in [3.63, 3.8) is 0 Å². The highest BCUT2D eigenvalue weighted by atomic mass is 16.5. The van der Waals surface area contributed by atoms with E-state index in [-0.39, 0.29) is 0 Å². The number of rotatable bonds is 4. The van der Waals surface area contributed by atoms with Gasteiger partial charge in [0.2, 0.25) is 0 Å². The standard InChI is InChI=1S/C17H19NO/c1-19-17-9-8-14-10-13(6-7-15(14)11-17)12-18-16-4-2-3-5-16/h2-3,6-11,16,18H,4-5,12H2,1H3. The highest BCUT2D eigenvalue weighted by Gasteiger charge is 2.08. The van der Waals surface area contributed by atoms with Crippen LogP contribution in [0.1, 0.15) is 18.4 Å². The molecule has 2 nitrogen and oxygen atoms in total. The molecule has 0 spiro atoms. The summed E-state index contributed by atoms with van der Waals surface area (Å²) in [7, 11) is 1.70. The van der Waals surface area contributed by atoms with Crippen LogP contribution in [0.2, 0.25) is 0 Å². The van der Waals surface area contributed by atoms with Gasteiger partial charge in [0.05, 0.1) is 7.11 Å². The predicted octanol–water partition coefficient (Wildman–Crippen LogP) is 3.66. The Morgan fingerprint density at radius 3 is 2.58 bits per heavy atom. The van der Waals surface area contributed by atoms with E-state index in [1.807, 2.05) is 6.07 Å². The lowest BCUT2D eigenvalue weighted by molar-refractivity contribution is 0.415. The number of hydrogen-bond acceptors (Lipinski definition) is 2. The van der Waals surface area contributed by atoms with E-state index in [9.17, 15) is 0 Å². The van der Waals surface area contributed by atoms with Gasteiger partial charge in [0.1, 0.15) is 5.75 Å². The zero-order valence-corrected chi connectivity index (χ0v) is 11.2. The van der Waals surface area contributed by atoms with Crippen molar-refractivity contribution in [2.24, 2.45) is 0 Å². The molecule has 0 aromatic heterocycles. The highest BCUT2D eigenvalue weighted by Crippen LogP contribution is 2.22. The Morgan fingerprint density at radius 1 is 1.05 bits per heavy atom. The quantitative estimate of drug-likeness (QED) is 0.840. The topological polar surface area (TPSA) is 21.3 Å². The molecule has 98 valence electrons. The molecule has 0 amide bonds. The number of benzene rings is 2. The third-order valence-electron chi connectivity index (χ3n) is 3.71. The maximum absolute atomic E-state index is 5.25. The zero-order valence-electron chi connectivity index (χ0n) is 11.2. The third-order valence-corrected chi connectivity index (χ3v) is 3.71. The number of hydrogen-bond donors (Lipinski definition) is 1. The van der Waals surface area contributed by atoms with Gasteiger partial charge in [-0.05, 0) is 47.4 Å². The molecule has 0 radical (unpaired) electrons. The second-order valence-electron chi connectivity index (χ2n) is 5.07. The fourth-order valence-electron chi connectivity index (χ4n) is 2.56. The molecule has 0 aliphatic heterocycles. The van der Waals surface area contributed by atoms with Gasteiger partial charge in [-0.3, -0.25) is 0 Å². The molecule has 0 atom stereocenters. The molecule has 0 fully saturated rings. The van der Waals surface area contributed by atoms with Crippen LogP contribution in [-0.2, 0) is 6.54 Å². The molecule has 2 heteroatoms. The van der Waals surface area contributed by atoms with Crippen molar-refractivity contribution in [1.29, 1.82) is 0 Å². The van der Waals surface area contributed by atoms with Crippen LogP contribution in [0.25, 0.3) is 10.8 Å². The first-order chi connectivity index (χ1) is 9.35. The van der Waals surface area contributed by atoms with Crippen molar-refractivity contribution >= 4 is 10.8 Å². The van der Waals surface area contributed by atoms with Crippen LogP contribution in [0, 0.1) is 0 Å². The van der Waals surface area contributed by atoms with E-state index in [0.717, 1.165) is 25.1 Å². The Hall–Kier alpha value is -1.80. The van der Waals surface area contributed by atoms with E-state index < -0.39 is 0 Å². The molecule has 0 bridgehead atoms. The Labute approximate surface area is 114 Å².